The van der Waals surface area contributed by atoms with Crippen LogP contribution in [0, 0.1) is 0 Å². The molecule has 0 saturated heterocycles. The van der Waals surface area contributed by atoms with E-state index in [1.807, 2.05) is 0 Å². The molecule has 0 bridgehead atoms. The van der Waals surface area contributed by atoms with Gasteiger partial charge in [0, 0.05) is 0 Å². The van der Waals surface area contributed by atoms with Crippen molar-refractivity contribution in [2.45, 2.75) is 0 Å². The van der Waals surface area contributed by atoms with Crippen LogP contribution in [0.25, 0.3) is 0 Å². The van der Waals surface area contributed by atoms with E-state index < -0.39 is 10.5 Å². The number of hydrogen-bond donors (Lipinski definition) is 0. The molecule has 0 atom stereocenters. The summed E-state index contributed by atoms with van der Waals surface area (Å²) in [4.78, 5) is 0. The number of halogens is 4. The quantitative estimate of drug-likeness (QED) is 0.469. The van der Waals surface area contributed by atoms with Crippen molar-refractivity contribution >= 4 is 24.0 Å². The van der Waals surface area contributed by atoms with Crippen molar-refractivity contribution in [3.63, 3.8) is 0 Å². The van der Waals surface area contributed by atoms with Crippen LogP contribution < -0.4 is 0 Å². The molecule has 0 radical (unpaired) electrons. The van der Waals surface area contributed by atoms with E-state index >= 15 is 0 Å². The largest absolute Gasteiger partial charge is 0.107 e. The smallest absolute Gasteiger partial charge is 0.107 e. The summed E-state index contributed by atoms with van der Waals surface area (Å²) in [5.41, 5.74) is 0. The summed E-state index contributed by atoms with van der Waals surface area (Å²) in [5, 5.41) is 0. The Morgan fingerprint density at radius 1 is 1.14 bits per heavy atom. The second-order valence-corrected chi connectivity index (χ2v) is 1.97. The summed E-state index contributed by atoms with van der Waals surface area (Å²) in [7, 11) is 0. The zero-order valence-corrected chi connectivity index (χ0v) is 8.55. The zero-order valence-electron chi connectivity index (χ0n) is 3.25. The van der Waals surface area contributed by atoms with Gasteiger partial charge in [0.05, 0.1) is 0 Å². The molecule has 5 heteroatoms. The molecule has 0 aliphatic rings. The first-order chi connectivity index (χ1) is 2.64. The van der Waals surface area contributed by atoms with Crippen LogP contribution in [0.1, 0.15) is 0 Å². The van der Waals surface area contributed by atoms with Crippen LogP contribution >= 0.6 is 24.0 Å². The summed E-state index contributed by atoms with van der Waals surface area (Å²) >= 11 is -0.0949. The van der Waals surface area contributed by atoms with Crippen LogP contribution in [0.4, 0.5) is 13.2 Å². The van der Waals surface area contributed by atoms with Crippen LogP contribution in [-0.2, 0) is 18.3 Å². The first-order valence-electron chi connectivity index (χ1n) is 1.17. The van der Waals surface area contributed by atoms with Gasteiger partial charge in [-0.2, -0.15) is 0 Å². The van der Waals surface area contributed by atoms with Gasteiger partial charge in [0.15, 0.2) is 0 Å². The predicted octanol–water partition coefficient (Wildman–Crippen LogP) is 2.19. The van der Waals surface area contributed by atoms with Crippen molar-refractivity contribution in [3.05, 3.63) is 10.5 Å². The third kappa shape index (κ3) is 6.88. The van der Waals surface area contributed by atoms with Crippen LogP contribution in [0.2, 0.25) is 0 Å². The second kappa shape index (κ2) is 5.03. The molecule has 7 heavy (non-hydrogen) atoms. The van der Waals surface area contributed by atoms with Gasteiger partial charge in [0.2, 0.25) is 0 Å². The minimum Gasteiger partial charge on any atom is -0.107 e. The van der Waals surface area contributed by atoms with Gasteiger partial charge >= 0.3 is 42.0 Å². The molecule has 0 aromatic heterocycles. The first-order valence-corrected chi connectivity index (χ1v) is 2.65. The van der Waals surface area contributed by atoms with Crippen molar-refractivity contribution in [1.29, 1.82) is 0 Å². The molecule has 0 aliphatic heterocycles. The molecule has 0 amide bonds. The molecular weight excluding hydrogens is 273 g/mol. The van der Waals surface area contributed by atoms with Gasteiger partial charge in [-0.05, 0) is 0 Å². The van der Waals surface area contributed by atoms with Gasteiger partial charge in [-0.3, -0.25) is 0 Å². The third-order valence-electron chi connectivity index (χ3n) is 0.205. The number of hydrogen-bond acceptors (Lipinski definition) is 0. The predicted molar refractivity (Wildman–Crippen MR) is 25.8 cm³/mol. The van der Waals surface area contributed by atoms with Gasteiger partial charge in [0.25, 0.3) is 0 Å². The Labute approximate surface area is 65.9 Å². The standard InChI is InChI=1S/C2F3.HI.Zn/c3-1-2(4)5;;/h;1H;. The van der Waals surface area contributed by atoms with Gasteiger partial charge in [-0.25, -0.2) is 0 Å². The fraction of sp³-hybridized carbons (Fsp3) is 0. The zero-order chi connectivity index (χ0) is 5.15. The summed E-state index contributed by atoms with van der Waals surface area (Å²) < 4.78 is 31.1. The maximum Gasteiger partial charge on any atom is -0.107 e. The molecule has 0 aliphatic carbocycles. The van der Waals surface area contributed by atoms with E-state index in [1.54, 1.807) is 0 Å². The molecule has 0 heterocycles. The normalized spacial score (nSPS) is 7.00. The second-order valence-electron chi connectivity index (χ2n) is 0.665. The van der Waals surface area contributed by atoms with Crippen molar-refractivity contribution < 1.29 is 31.5 Å². The minimum absolute atomic E-state index is 0. The summed E-state index contributed by atoms with van der Waals surface area (Å²) in [5.74, 6) is 0. The van der Waals surface area contributed by atoms with Crippen molar-refractivity contribution in [2.24, 2.45) is 0 Å². The molecule has 0 aromatic rings. The molecule has 0 rings (SSSR count). The molecule has 0 unspecified atom stereocenters. The Bertz CT molecular complexity index is 63.0. The van der Waals surface area contributed by atoms with Gasteiger partial charge in [-0.15, -0.1) is 24.0 Å². The molecular formula is C2HF3IZn. The van der Waals surface area contributed by atoms with Crippen molar-refractivity contribution in [2.75, 3.05) is 0 Å². The molecule has 0 aromatic carbocycles. The molecule has 0 spiro atoms. The maximum absolute atomic E-state index is 11.0. The van der Waals surface area contributed by atoms with E-state index in [-0.39, 0.29) is 42.3 Å². The van der Waals surface area contributed by atoms with E-state index in [9.17, 15) is 13.2 Å². The van der Waals surface area contributed by atoms with E-state index in [0.717, 1.165) is 0 Å². The molecule has 0 N–H and O–H groups in total. The Morgan fingerprint density at radius 3 is 1.29 bits per heavy atom. The van der Waals surface area contributed by atoms with Crippen LogP contribution in [0.15, 0.2) is 10.5 Å². The van der Waals surface area contributed by atoms with E-state index in [2.05, 4.69) is 0 Å². The van der Waals surface area contributed by atoms with Crippen LogP contribution in [0.3, 0.4) is 0 Å². The van der Waals surface area contributed by atoms with Crippen LogP contribution in [-0.4, -0.2) is 0 Å². The van der Waals surface area contributed by atoms with Crippen molar-refractivity contribution in [3.8, 4) is 0 Å². The average molecular weight is 274 g/mol. The molecule has 0 nitrogen and oxygen atoms in total. The Kier molecular flexibility index (Phi) is 7.75. The summed E-state index contributed by atoms with van der Waals surface area (Å²) in [6, 6.07) is 0. The minimum atomic E-state index is -2.19. The Hall–Kier alpha value is 0.883. The maximum atomic E-state index is 11.0. The summed E-state index contributed by atoms with van der Waals surface area (Å²) in [6.45, 7) is 0. The molecule has 0 saturated carbocycles. The van der Waals surface area contributed by atoms with E-state index in [4.69, 9.17) is 0 Å². The number of rotatable bonds is 0. The summed E-state index contributed by atoms with van der Waals surface area (Å²) in [6.07, 6.45) is -2.19. The molecule has 39 valence electrons. The van der Waals surface area contributed by atoms with Gasteiger partial charge in [0.1, 0.15) is 0 Å². The SMILES string of the molecule is FC(F)=[C](F)[Zn].I. The topological polar surface area (TPSA) is 0 Å². The van der Waals surface area contributed by atoms with Crippen molar-refractivity contribution in [1.82, 2.24) is 0 Å². The fourth-order valence-corrected chi connectivity index (χ4v) is 0. The average Bonchev–Trinajstić information content (AvgIpc) is 1.36. The molecule has 0 fully saturated rings. The third-order valence-corrected chi connectivity index (χ3v) is 0.766. The van der Waals surface area contributed by atoms with E-state index in [0.29, 0.717) is 0 Å². The van der Waals surface area contributed by atoms with Gasteiger partial charge < -0.3 is 0 Å². The van der Waals surface area contributed by atoms with Crippen LogP contribution in [0.5, 0.6) is 0 Å². The first kappa shape index (κ1) is 10.8. The fourth-order valence-electron chi connectivity index (χ4n) is 0. The Balaban J connectivity index is 0. The Morgan fingerprint density at radius 2 is 1.29 bits per heavy atom. The van der Waals surface area contributed by atoms with Gasteiger partial charge in [-0.1, -0.05) is 0 Å². The van der Waals surface area contributed by atoms with E-state index in [1.165, 1.54) is 0 Å². The monoisotopic (exact) mass is 273 g/mol.